The van der Waals surface area contributed by atoms with E-state index in [2.05, 4.69) is 11.1 Å². The molecule has 1 aromatic carbocycles. The van der Waals surface area contributed by atoms with Gasteiger partial charge in [0.25, 0.3) is 0 Å². The van der Waals surface area contributed by atoms with Crippen LogP contribution in [0.15, 0.2) is 30.5 Å². The Bertz CT molecular complexity index is 610. The maximum atomic E-state index is 11.1. The molecule has 1 saturated carbocycles. The van der Waals surface area contributed by atoms with E-state index in [0.717, 1.165) is 16.5 Å². The van der Waals surface area contributed by atoms with Crippen LogP contribution in [0.2, 0.25) is 0 Å². The van der Waals surface area contributed by atoms with Gasteiger partial charge in [-0.05, 0) is 23.1 Å². The predicted octanol–water partition coefficient (Wildman–Crippen LogP) is 2.29. The van der Waals surface area contributed by atoms with Crippen LogP contribution in [0.4, 0.5) is 0 Å². The third kappa shape index (κ3) is 1.10. The number of fused-ring (bicyclic) bond motifs is 1. The molecule has 1 heterocycles. The Hall–Kier alpha value is -2.08. The van der Waals surface area contributed by atoms with Crippen LogP contribution in [-0.2, 0) is 10.2 Å². The predicted molar refractivity (Wildman–Crippen MR) is 59.8 cm³/mol. The van der Waals surface area contributed by atoms with Crippen molar-refractivity contribution in [1.29, 1.82) is 5.26 Å². The number of benzene rings is 1. The zero-order chi connectivity index (χ0) is 11.2. The minimum atomic E-state index is -0.573. The molecule has 0 bridgehead atoms. The quantitative estimate of drug-likeness (QED) is 0.785. The molecule has 0 saturated heterocycles. The fraction of sp³-hybridized carbons (Fsp3) is 0.231. The molecule has 3 nitrogen and oxygen atoms in total. The Kier molecular flexibility index (Phi) is 1.69. The van der Waals surface area contributed by atoms with Gasteiger partial charge in [-0.1, -0.05) is 12.1 Å². The van der Waals surface area contributed by atoms with E-state index >= 15 is 0 Å². The monoisotopic (exact) mass is 210 g/mol. The van der Waals surface area contributed by atoms with Crippen molar-refractivity contribution in [1.82, 2.24) is 4.98 Å². The number of nitriles is 1. The fourth-order valence-corrected chi connectivity index (χ4v) is 2.31. The molecule has 0 aliphatic heterocycles. The van der Waals surface area contributed by atoms with Gasteiger partial charge in [0.2, 0.25) is 0 Å². The lowest BCUT2D eigenvalue weighted by Crippen LogP contribution is -2.40. The van der Waals surface area contributed by atoms with Crippen molar-refractivity contribution in [3.8, 4) is 6.07 Å². The molecule has 16 heavy (non-hydrogen) atoms. The number of nitrogens with one attached hydrogen (secondary N) is 1. The Labute approximate surface area is 92.7 Å². The smallest absolute Gasteiger partial charge is 0.136 e. The number of ketones is 1. The topological polar surface area (TPSA) is 56.6 Å². The van der Waals surface area contributed by atoms with Crippen LogP contribution in [0, 0.1) is 11.3 Å². The largest absolute Gasteiger partial charge is 0.361 e. The van der Waals surface area contributed by atoms with E-state index in [1.54, 1.807) is 0 Å². The van der Waals surface area contributed by atoms with Crippen LogP contribution in [-0.4, -0.2) is 10.8 Å². The molecule has 0 unspecified atom stereocenters. The van der Waals surface area contributed by atoms with Crippen LogP contribution < -0.4 is 0 Å². The van der Waals surface area contributed by atoms with Gasteiger partial charge < -0.3 is 4.98 Å². The average molecular weight is 210 g/mol. The van der Waals surface area contributed by atoms with Gasteiger partial charge >= 0.3 is 0 Å². The summed E-state index contributed by atoms with van der Waals surface area (Å²) in [5.74, 6) is 0.174. The number of rotatable bonds is 1. The summed E-state index contributed by atoms with van der Waals surface area (Å²) < 4.78 is 0. The van der Waals surface area contributed by atoms with E-state index in [1.807, 2.05) is 30.5 Å². The molecule has 1 fully saturated rings. The molecule has 1 aliphatic rings. The van der Waals surface area contributed by atoms with E-state index < -0.39 is 5.41 Å². The summed E-state index contributed by atoms with van der Waals surface area (Å²) in [6.45, 7) is 0. The number of aromatic nitrogens is 1. The molecule has 1 aliphatic carbocycles. The van der Waals surface area contributed by atoms with Crippen LogP contribution in [0.1, 0.15) is 18.4 Å². The molecule has 0 radical (unpaired) electrons. The van der Waals surface area contributed by atoms with Gasteiger partial charge in [0, 0.05) is 24.6 Å². The molecular weight excluding hydrogens is 200 g/mol. The minimum absolute atomic E-state index is 0.174. The lowest BCUT2D eigenvalue weighted by atomic mass is 9.64. The highest BCUT2D eigenvalue weighted by atomic mass is 16.1. The first-order valence-corrected chi connectivity index (χ1v) is 5.24. The number of carbonyl (C=O) groups excluding carboxylic acids is 1. The molecule has 0 spiro atoms. The zero-order valence-electron chi connectivity index (χ0n) is 8.66. The number of H-pyrrole nitrogens is 1. The first-order chi connectivity index (χ1) is 7.73. The summed E-state index contributed by atoms with van der Waals surface area (Å²) in [6, 6.07) is 10.2. The van der Waals surface area contributed by atoms with Crippen molar-refractivity contribution >= 4 is 16.7 Å². The summed E-state index contributed by atoms with van der Waals surface area (Å²) in [6.07, 6.45) is 2.59. The Morgan fingerprint density at radius 3 is 2.81 bits per heavy atom. The second kappa shape index (κ2) is 2.96. The first kappa shape index (κ1) is 9.17. The average Bonchev–Trinajstić information content (AvgIpc) is 2.71. The van der Waals surface area contributed by atoms with Crippen LogP contribution in [0.3, 0.4) is 0 Å². The van der Waals surface area contributed by atoms with Crippen LogP contribution in [0.25, 0.3) is 10.9 Å². The third-order valence-corrected chi connectivity index (χ3v) is 3.32. The standard InChI is InChI=1S/C13H10N2O/c14-8-13(6-11(16)7-13)10-2-1-9-3-4-15-12(9)5-10/h1-5,15H,6-7H2. The SMILES string of the molecule is N#CC1(c2ccc3cc[nH]c3c2)CC(=O)C1. The summed E-state index contributed by atoms with van der Waals surface area (Å²) in [5.41, 5.74) is 1.40. The summed E-state index contributed by atoms with van der Waals surface area (Å²) >= 11 is 0. The number of carbonyl (C=O) groups is 1. The van der Waals surface area contributed by atoms with Crippen LogP contribution in [0.5, 0.6) is 0 Å². The molecule has 0 atom stereocenters. The number of hydrogen-bond acceptors (Lipinski definition) is 2. The Morgan fingerprint density at radius 2 is 2.12 bits per heavy atom. The maximum Gasteiger partial charge on any atom is 0.136 e. The zero-order valence-corrected chi connectivity index (χ0v) is 8.66. The first-order valence-electron chi connectivity index (χ1n) is 5.24. The summed E-state index contributed by atoms with van der Waals surface area (Å²) in [4.78, 5) is 14.2. The van der Waals surface area contributed by atoms with Crippen molar-refractivity contribution in [2.24, 2.45) is 0 Å². The van der Waals surface area contributed by atoms with Gasteiger partial charge in [0.05, 0.1) is 11.5 Å². The van der Waals surface area contributed by atoms with Crippen LogP contribution >= 0.6 is 0 Å². The minimum Gasteiger partial charge on any atom is -0.361 e. The number of hydrogen-bond donors (Lipinski definition) is 1. The van der Waals surface area contributed by atoms with Gasteiger partial charge in [-0.3, -0.25) is 4.79 Å². The van der Waals surface area contributed by atoms with Crippen molar-refractivity contribution in [2.75, 3.05) is 0 Å². The van der Waals surface area contributed by atoms with Crippen molar-refractivity contribution in [3.05, 3.63) is 36.0 Å². The molecule has 3 heteroatoms. The second-order valence-corrected chi connectivity index (χ2v) is 4.37. The molecule has 0 amide bonds. The Balaban J connectivity index is 2.12. The maximum absolute atomic E-state index is 11.1. The highest BCUT2D eigenvalue weighted by molar-refractivity contribution is 5.91. The lowest BCUT2D eigenvalue weighted by molar-refractivity contribution is -0.126. The van der Waals surface area contributed by atoms with E-state index in [9.17, 15) is 10.1 Å². The lowest BCUT2D eigenvalue weighted by Gasteiger charge is -2.34. The van der Waals surface area contributed by atoms with Crippen molar-refractivity contribution in [2.45, 2.75) is 18.3 Å². The normalized spacial score (nSPS) is 18.1. The second-order valence-electron chi connectivity index (χ2n) is 4.37. The van der Waals surface area contributed by atoms with Crippen molar-refractivity contribution in [3.63, 3.8) is 0 Å². The number of Topliss-reactive ketones (excluding diaryl/α,β-unsaturated/α-hetero) is 1. The molecule has 2 aromatic rings. The highest BCUT2D eigenvalue weighted by Gasteiger charge is 2.45. The number of aromatic amines is 1. The highest BCUT2D eigenvalue weighted by Crippen LogP contribution is 2.41. The molecule has 1 N–H and O–H groups in total. The Morgan fingerprint density at radius 1 is 1.31 bits per heavy atom. The third-order valence-electron chi connectivity index (χ3n) is 3.32. The fourth-order valence-electron chi connectivity index (χ4n) is 2.31. The van der Waals surface area contributed by atoms with Gasteiger partial charge in [-0.25, -0.2) is 0 Å². The van der Waals surface area contributed by atoms with Crippen molar-refractivity contribution < 1.29 is 4.79 Å². The summed E-state index contributed by atoms with van der Waals surface area (Å²) in [7, 11) is 0. The van der Waals surface area contributed by atoms with Gasteiger partial charge in [0.1, 0.15) is 5.78 Å². The number of nitrogens with zero attached hydrogens (tertiary/aromatic N) is 1. The molecule has 1 aromatic heterocycles. The van der Waals surface area contributed by atoms with Gasteiger partial charge in [-0.15, -0.1) is 0 Å². The molecule has 78 valence electrons. The van der Waals surface area contributed by atoms with E-state index in [-0.39, 0.29) is 5.78 Å². The molecule has 3 rings (SSSR count). The van der Waals surface area contributed by atoms with E-state index in [4.69, 9.17) is 0 Å². The van der Waals surface area contributed by atoms with E-state index in [1.165, 1.54) is 0 Å². The van der Waals surface area contributed by atoms with Gasteiger partial charge in [-0.2, -0.15) is 5.26 Å². The molecular formula is C13H10N2O. The van der Waals surface area contributed by atoms with Gasteiger partial charge in [0.15, 0.2) is 0 Å². The summed E-state index contributed by atoms with van der Waals surface area (Å²) in [5, 5.41) is 10.3. The van der Waals surface area contributed by atoms with E-state index in [0.29, 0.717) is 12.8 Å².